The van der Waals surface area contributed by atoms with E-state index in [0.717, 1.165) is 5.56 Å². The molecule has 1 aromatic rings. The summed E-state index contributed by atoms with van der Waals surface area (Å²) in [5.41, 5.74) is 5.59. The number of methoxy groups -OCH3 is 2. The average Bonchev–Trinajstić information content (AvgIpc) is 2.43. The Kier molecular flexibility index (Phi) is 7.39. The highest BCUT2D eigenvalue weighted by Gasteiger charge is 2.30. The number of nitrogens with two attached hydrogens (primary N) is 1. The van der Waals surface area contributed by atoms with Gasteiger partial charge in [0.2, 0.25) is 5.91 Å². The molecule has 0 fully saturated rings. The molecule has 3 N–H and O–H groups in total. The van der Waals surface area contributed by atoms with Crippen molar-refractivity contribution in [1.29, 1.82) is 0 Å². The summed E-state index contributed by atoms with van der Waals surface area (Å²) in [5, 5.41) is 2.80. The highest BCUT2D eigenvalue weighted by atomic mass is 35.5. The molecule has 0 unspecified atom stereocenters. The van der Waals surface area contributed by atoms with Crippen molar-refractivity contribution in [2.24, 2.45) is 5.73 Å². The quantitative estimate of drug-likeness (QED) is 0.835. The first-order chi connectivity index (χ1) is 8.97. The molecular formula is C14H23ClN2O3. The molecule has 0 bridgehead atoms. The van der Waals surface area contributed by atoms with E-state index in [2.05, 4.69) is 5.32 Å². The van der Waals surface area contributed by atoms with Gasteiger partial charge in [-0.15, -0.1) is 12.4 Å². The number of nitrogens with one attached hydrogen (secondary N) is 1. The number of halogens is 1. The summed E-state index contributed by atoms with van der Waals surface area (Å²) in [6, 6.07) is 5.48. The van der Waals surface area contributed by atoms with Crippen LogP contribution in [-0.4, -0.2) is 33.2 Å². The molecule has 0 aliphatic heterocycles. The van der Waals surface area contributed by atoms with Crippen LogP contribution in [0.3, 0.4) is 0 Å². The van der Waals surface area contributed by atoms with Gasteiger partial charge in [0, 0.05) is 13.1 Å². The molecule has 0 radical (unpaired) electrons. The van der Waals surface area contributed by atoms with Crippen molar-refractivity contribution in [3.8, 4) is 11.5 Å². The second-order valence-electron chi connectivity index (χ2n) is 4.74. The van der Waals surface area contributed by atoms with E-state index in [0.29, 0.717) is 24.6 Å². The number of amides is 1. The van der Waals surface area contributed by atoms with Crippen molar-refractivity contribution in [3.05, 3.63) is 23.8 Å². The predicted octanol–water partition coefficient (Wildman–Crippen LogP) is 1.48. The summed E-state index contributed by atoms with van der Waals surface area (Å²) in [4.78, 5) is 12.1. The molecule has 0 saturated heterocycles. The largest absolute Gasteiger partial charge is 0.493 e. The lowest BCUT2D eigenvalue weighted by atomic mass is 9.83. The Morgan fingerprint density at radius 1 is 1.25 bits per heavy atom. The molecule has 20 heavy (non-hydrogen) atoms. The third-order valence-corrected chi connectivity index (χ3v) is 3.10. The van der Waals surface area contributed by atoms with Crippen LogP contribution in [-0.2, 0) is 10.2 Å². The molecule has 0 aliphatic rings. The van der Waals surface area contributed by atoms with Gasteiger partial charge in [0.15, 0.2) is 11.5 Å². The first kappa shape index (κ1) is 18.5. The van der Waals surface area contributed by atoms with Crippen LogP contribution >= 0.6 is 12.4 Å². The van der Waals surface area contributed by atoms with E-state index in [1.165, 1.54) is 0 Å². The lowest BCUT2D eigenvalue weighted by molar-refractivity contribution is -0.125. The van der Waals surface area contributed by atoms with Gasteiger partial charge in [-0.05, 0) is 31.5 Å². The second-order valence-corrected chi connectivity index (χ2v) is 4.74. The van der Waals surface area contributed by atoms with Gasteiger partial charge in [0.25, 0.3) is 0 Å². The standard InChI is InChI=1S/C14H22N2O3.ClH/c1-14(2,13(17)16-8-7-15)10-5-6-11(18-3)12(9-10)19-4;/h5-6,9H,7-8,15H2,1-4H3,(H,16,17);1H. The fourth-order valence-corrected chi connectivity index (χ4v) is 1.76. The van der Waals surface area contributed by atoms with Crippen molar-refractivity contribution in [2.45, 2.75) is 19.3 Å². The number of carbonyl (C=O) groups is 1. The minimum atomic E-state index is -0.658. The molecule has 114 valence electrons. The summed E-state index contributed by atoms with van der Waals surface area (Å²) < 4.78 is 10.4. The summed E-state index contributed by atoms with van der Waals surface area (Å²) in [6.07, 6.45) is 0. The van der Waals surface area contributed by atoms with Crippen LogP contribution in [0, 0.1) is 0 Å². The van der Waals surface area contributed by atoms with Gasteiger partial charge in [-0.1, -0.05) is 6.07 Å². The topological polar surface area (TPSA) is 73.6 Å². The molecule has 0 aromatic heterocycles. The van der Waals surface area contributed by atoms with Crippen LogP contribution in [0.15, 0.2) is 18.2 Å². The maximum atomic E-state index is 12.1. The van der Waals surface area contributed by atoms with Crippen molar-refractivity contribution < 1.29 is 14.3 Å². The number of hydrogen-bond acceptors (Lipinski definition) is 4. The summed E-state index contributed by atoms with van der Waals surface area (Å²) in [5.74, 6) is 1.19. The smallest absolute Gasteiger partial charge is 0.230 e. The van der Waals surface area contributed by atoms with E-state index in [9.17, 15) is 4.79 Å². The maximum absolute atomic E-state index is 12.1. The Labute approximate surface area is 126 Å². The molecule has 1 aromatic carbocycles. The monoisotopic (exact) mass is 302 g/mol. The van der Waals surface area contributed by atoms with Crippen LogP contribution in [0.4, 0.5) is 0 Å². The van der Waals surface area contributed by atoms with E-state index in [4.69, 9.17) is 15.2 Å². The Bertz CT molecular complexity index is 450. The molecule has 6 heteroatoms. The van der Waals surface area contributed by atoms with Crippen LogP contribution in [0.2, 0.25) is 0 Å². The fraction of sp³-hybridized carbons (Fsp3) is 0.500. The molecular weight excluding hydrogens is 280 g/mol. The number of benzene rings is 1. The second kappa shape index (κ2) is 7.97. The average molecular weight is 303 g/mol. The molecule has 0 saturated carbocycles. The summed E-state index contributed by atoms with van der Waals surface area (Å²) in [7, 11) is 3.15. The minimum Gasteiger partial charge on any atom is -0.493 e. The summed E-state index contributed by atoms with van der Waals surface area (Å²) in [6.45, 7) is 4.61. The van der Waals surface area contributed by atoms with E-state index >= 15 is 0 Å². The van der Waals surface area contributed by atoms with Gasteiger partial charge in [0.05, 0.1) is 19.6 Å². The van der Waals surface area contributed by atoms with Crippen molar-refractivity contribution >= 4 is 18.3 Å². The third kappa shape index (κ3) is 4.02. The van der Waals surface area contributed by atoms with E-state index in [-0.39, 0.29) is 18.3 Å². The predicted molar refractivity (Wildman–Crippen MR) is 81.9 cm³/mol. The molecule has 0 aliphatic carbocycles. The lowest BCUT2D eigenvalue weighted by Gasteiger charge is -2.25. The molecule has 5 nitrogen and oxygen atoms in total. The Hall–Kier alpha value is -1.46. The molecule has 0 spiro atoms. The number of ether oxygens (including phenoxy) is 2. The van der Waals surface area contributed by atoms with Gasteiger partial charge in [-0.25, -0.2) is 0 Å². The Balaban J connectivity index is 0.00000361. The first-order valence-electron chi connectivity index (χ1n) is 6.18. The van der Waals surface area contributed by atoms with E-state index in [1.54, 1.807) is 20.3 Å². The number of carbonyl (C=O) groups excluding carboxylic acids is 1. The van der Waals surface area contributed by atoms with Crippen molar-refractivity contribution in [2.75, 3.05) is 27.3 Å². The van der Waals surface area contributed by atoms with Gasteiger partial charge < -0.3 is 20.5 Å². The van der Waals surface area contributed by atoms with Gasteiger partial charge in [0.1, 0.15) is 0 Å². The maximum Gasteiger partial charge on any atom is 0.230 e. The van der Waals surface area contributed by atoms with Crippen molar-refractivity contribution in [1.82, 2.24) is 5.32 Å². The number of hydrogen-bond donors (Lipinski definition) is 2. The SMILES string of the molecule is COc1ccc(C(C)(C)C(=O)NCCN)cc1OC.Cl. The lowest BCUT2D eigenvalue weighted by Crippen LogP contribution is -2.42. The highest BCUT2D eigenvalue weighted by molar-refractivity contribution is 5.87. The molecule has 1 amide bonds. The summed E-state index contributed by atoms with van der Waals surface area (Å²) >= 11 is 0. The van der Waals surface area contributed by atoms with Crippen LogP contribution < -0.4 is 20.5 Å². The normalized spacial score (nSPS) is 10.4. The van der Waals surface area contributed by atoms with Crippen molar-refractivity contribution in [3.63, 3.8) is 0 Å². The highest BCUT2D eigenvalue weighted by Crippen LogP contribution is 2.33. The van der Waals surface area contributed by atoms with E-state index < -0.39 is 5.41 Å². The molecule has 0 atom stereocenters. The Morgan fingerprint density at radius 3 is 2.35 bits per heavy atom. The fourth-order valence-electron chi connectivity index (χ4n) is 1.76. The minimum absolute atomic E-state index is 0. The van der Waals surface area contributed by atoms with E-state index in [1.807, 2.05) is 26.0 Å². The van der Waals surface area contributed by atoms with Gasteiger partial charge in [-0.3, -0.25) is 4.79 Å². The zero-order chi connectivity index (χ0) is 14.5. The third-order valence-electron chi connectivity index (χ3n) is 3.10. The Morgan fingerprint density at radius 2 is 1.85 bits per heavy atom. The van der Waals surface area contributed by atoms with Gasteiger partial charge in [-0.2, -0.15) is 0 Å². The zero-order valence-electron chi connectivity index (χ0n) is 12.4. The van der Waals surface area contributed by atoms with Gasteiger partial charge >= 0.3 is 0 Å². The van der Waals surface area contributed by atoms with Crippen LogP contribution in [0.1, 0.15) is 19.4 Å². The molecule has 1 rings (SSSR count). The first-order valence-corrected chi connectivity index (χ1v) is 6.18. The van der Waals surface area contributed by atoms with Crippen LogP contribution in [0.25, 0.3) is 0 Å². The zero-order valence-corrected chi connectivity index (χ0v) is 13.2. The van der Waals surface area contributed by atoms with Crippen LogP contribution in [0.5, 0.6) is 11.5 Å². The molecule has 0 heterocycles. The number of rotatable bonds is 6.